The van der Waals surface area contributed by atoms with Gasteiger partial charge in [0.15, 0.2) is 5.69 Å². The quantitative estimate of drug-likeness (QED) is 0.224. The number of benzene rings is 1. The molecule has 0 atom stereocenters. The molecule has 0 aromatic heterocycles. The second kappa shape index (κ2) is 4.49. The van der Waals surface area contributed by atoms with E-state index < -0.39 is 4.92 Å². The SMILES string of the molecule is Nc1c(O)cccc1[N+](=O)[O-].[Ca]. The van der Waals surface area contributed by atoms with Gasteiger partial charge in [0, 0.05) is 43.8 Å². The number of phenolic OH excluding ortho intramolecular Hbond substituents is 1. The Morgan fingerprint density at radius 1 is 1.50 bits per heavy atom. The van der Waals surface area contributed by atoms with Crippen molar-refractivity contribution in [1.29, 1.82) is 0 Å². The van der Waals surface area contributed by atoms with Crippen LogP contribution in [0.2, 0.25) is 0 Å². The van der Waals surface area contributed by atoms with Crippen molar-refractivity contribution in [2.45, 2.75) is 0 Å². The summed E-state index contributed by atoms with van der Waals surface area (Å²) in [5, 5.41) is 19.1. The molecule has 0 fully saturated rings. The van der Waals surface area contributed by atoms with Crippen LogP contribution in [0.3, 0.4) is 0 Å². The zero-order valence-corrected chi connectivity index (χ0v) is 8.44. The van der Waals surface area contributed by atoms with Gasteiger partial charge >= 0.3 is 0 Å². The van der Waals surface area contributed by atoms with Crippen LogP contribution in [-0.2, 0) is 0 Å². The van der Waals surface area contributed by atoms with Crippen molar-refractivity contribution in [3.8, 4) is 5.75 Å². The van der Waals surface area contributed by atoms with E-state index in [9.17, 15) is 10.1 Å². The van der Waals surface area contributed by atoms with Gasteiger partial charge in [-0.25, -0.2) is 0 Å². The summed E-state index contributed by atoms with van der Waals surface area (Å²) in [6, 6.07) is 3.89. The Hall–Kier alpha value is -0.520. The van der Waals surface area contributed by atoms with Crippen molar-refractivity contribution in [2.75, 3.05) is 5.73 Å². The third-order valence-electron chi connectivity index (χ3n) is 1.26. The van der Waals surface area contributed by atoms with Crippen LogP contribution in [-0.4, -0.2) is 47.8 Å². The summed E-state index contributed by atoms with van der Waals surface area (Å²) in [7, 11) is 0. The van der Waals surface area contributed by atoms with Crippen LogP contribution in [0.5, 0.6) is 5.75 Å². The molecule has 0 bridgehead atoms. The molecule has 3 N–H and O–H groups in total. The summed E-state index contributed by atoms with van der Waals surface area (Å²) < 4.78 is 0. The molecule has 1 aromatic rings. The first-order valence-electron chi connectivity index (χ1n) is 2.85. The van der Waals surface area contributed by atoms with Gasteiger partial charge in [-0.3, -0.25) is 10.1 Å². The zero-order valence-electron chi connectivity index (χ0n) is 6.23. The number of para-hydroxylation sites is 1. The van der Waals surface area contributed by atoms with E-state index in [1.54, 1.807) is 0 Å². The second-order valence-corrected chi connectivity index (χ2v) is 1.97. The molecule has 6 heteroatoms. The molecule has 0 saturated carbocycles. The molecular formula is C6H6CaN2O3. The van der Waals surface area contributed by atoms with Crippen LogP contribution in [0.15, 0.2) is 18.2 Å². The van der Waals surface area contributed by atoms with Gasteiger partial charge < -0.3 is 10.8 Å². The molecule has 0 spiro atoms. The zero-order chi connectivity index (χ0) is 8.43. The third kappa shape index (κ3) is 2.23. The summed E-state index contributed by atoms with van der Waals surface area (Å²) in [6.07, 6.45) is 0. The largest absolute Gasteiger partial charge is 0.506 e. The Labute approximate surface area is 98.3 Å². The van der Waals surface area contributed by atoms with Crippen LogP contribution >= 0.6 is 0 Å². The molecule has 0 aliphatic heterocycles. The molecule has 0 heterocycles. The third-order valence-corrected chi connectivity index (χ3v) is 1.26. The van der Waals surface area contributed by atoms with E-state index in [0.29, 0.717) is 0 Å². The summed E-state index contributed by atoms with van der Waals surface area (Å²) >= 11 is 0. The van der Waals surface area contributed by atoms with Crippen molar-refractivity contribution in [3.63, 3.8) is 0 Å². The molecule has 0 saturated heterocycles. The molecule has 12 heavy (non-hydrogen) atoms. The normalized spacial score (nSPS) is 8.67. The van der Waals surface area contributed by atoms with Crippen molar-refractivity contribution in [2.24, 2.45) is 0 Å². The molecule has 1 aromatic carbocycles. The van der Waals surface area contributed by atoms with E-state index in [1.165, 1.54) is 18.2 Å². The topological polar surface area (TPSA) is 89.4 Å². The molecule has 2 radical (unpaired) electrons. The van der Waals surface area contributed by atoms with Gasteiger partial charge in [-0.1, -0.05) is 6.07 Å². The maximum atomic E-state index is 10.2. The Balaban J connectivity index is 0.00000121. The van der Waals surface area contributed by atoms with E-state index in [0.717, 1.165) is 0 Å². The van der Waals surface area contributed by atoms with Crippen LogP contribution in [0.4, 0.5) is 11.4 Å². The van der Waals surface area contributed by atoms with Gasteiger partial charge in [0.05, 0.1) is 4.92 Å². The number of nitrogen functional groups attached to an aromatic ring is 1. The number of nitrogens with two attached hydrogens (primary N) is 1. The Bertz CT molecular complexity index is 303. The predicted molar refractivity (Wildman–Crippen MR) is 44.9 cm³/mol. The number of nitrogens with zero attached hydrogens (tertiary/aromatic N) is 1. The number of anilines is 1. The van der Waals surface area contributed by atoms with E-state index in [-0.39, 0.29) is 54.9 Å². The smallest absolute Gasteiger partial charge is 0.295 e. The van der Waals surface area contributed by atoms with Gasteiger partial charge in [-0.15, -0.1) is 0 Å². The number of nitro groups is 1. The summed E-state index contributed by atoms with van der Waals surface area (Å²) in [4.78, 5) is 9.54. The fourth-order valence-corrected chi connectivity index (χ4v) is 0.700. The summed E-state index contributed by atoms with van der Waals surface area (Å²) in [6.45, 7) is 0. The van der Waals surface area contributed by atoms with Gasteiger partial charge in [0.25, 0.3) is 5.69 Å². The minimum absolute atomic E-state index is 0. The van der Waals surface area contributed by atoms with Gasteiger partial charge in [0.2, 0.25) is 0 Å². The van der Waals surface area contributed by atoms with Crippen LogP contribution in [0.1, 0.15) is 0 Å². The number of nitro benzene ring substituents is 1. The average molecular weight is 194 g/mol. The standard InChI is InChI=1S/C6H6N2O3.Ca/c7-6-4(8(10)11)2-1-3-5(6)9;/h1-3,9H,7H2;. The first-order valence-corrected chi connectivity index (χ1v) is 2.85. The molecule has 60 valence electrons. The minimum atomic E-state index is -0.644. The molecule has 0 unspecified atom stereocenters. The maximum absolute atomic E-state index is 10.2. The average Bonchev–Trinajstić information content (AvgIpc) is 1.94. The molecule has 5 nitrogen and oxygen atoms in total. The van der Waals surface area contributed by atoms with Gasteiger partial charge in [-0.2, -0.15) is 0 Å². The molecule has 0 aliphatic carbocycles. The summed E-state index contributed by atoms with van der Waals surface area (Å²) in [5.74, 6) is -0.265. The van der Waals surface area contributed by atoms with Crippen molar-refractivity contribution in [3.05, 3.63) is 28.3 Å². The fraction of sp³-hybridized carbons (Fsp3) is 0. The first kappa shape index (κ1) is 11.5. The Morgan fingerprint density at radius 3 is 2.50 bits per heavy atom. The number of aromatic hydroxyl groups is 1. The number of hydrogen-bond acceptors (Lipinski definition) is 4. The summed E-state index contributed by atoms with van der Waals surface area (Å²) in [5.41, 5.74) is 4.72. The molecule has 1 rings (SSSR count). The van der Waals surface area contributed by atoms with Gasteiger partial charge in [0.1, 0.15) is 5.75 Å². The van der Waals surface area contributed by atoms with Crippen molar-refractivity contribution in [1.82, 2.24) is 0 Å². The second-order valence-electron chi connectivity index (χ2n) is 1.97. The number of phenols is 1. The van der Waals surface area contributed by atoms with Crippen LogP contribution in [0, 0.1) is 10.1 Å². The molecule has 0 amide bonds. The molecular weight excluding hydrogens is 188 g/mol. The van der Waals surface area contributed by atoms with Crippen molar-refractivity contribution < 1.29 is 10.0 Å². The van der Waals surface area contributed by atoms with E-state index in [4.69, 9.17) is 10.8 Å². The number of hydrogen-bond donors (Lipinski definition) is 2. The Kier molecular flexibility index (Phi) is 4.30. The monoisotopic (exact) mass is 194 g/mol. The Morgan fingerprint density at radius 2 is 2.08 bits per heavy atom. The van der Waals surface area contributed by atoms with Gasteiger partial charge in [-0.05, 0) is 6.07 Å². The van der Waals surface area contributed by atoms with E-state index in [1.807, 2.05) is 0 Å². The number of rotatable bonds is 1. The predicted octanol–water partition coefficient (Wildman–Crippen LogP) is 0.502. The van der Waals surface area contributed by atoms with Crippen molar-refractivity contribution >= 4 is 49.1 Å². The molecule has 0 aliphatic rings. The van der Waals surface area contributed by atoms with E-state index >= 15 is 0 Å². The van der Waals surface area contributed by atoms with Crippen LogP contribution < -0.4 is 5.73 Å². The minimum Gasteiger partial charge on any atom is -0.506 e. The fourth-order valence-electron chi connectivity index (χ4n) is 0.700. The maximum Gasteiger partial charge on any atom is 0.295 e. The first-order chi connectivity index (χ1) is 5.13. The van der Waals surface area contributed by atoms with E-state index in [2.05, 4.69) is 0 Å². The van der Waals surface area contributed by atoms with Crippen LogP contribution in [0.25, 0.3) is 0 Å².